The van der Waals surface area contributed by atoms with Crippen molar-refractivity contribution in [1.29, 1.82) is 0 Å². The van der Waals surface area contributed by atoms with Gasteiger partial charge >= 0.3 is 0 Å². The SMILES string of the molecule is CCNC(=NCc1ccc(Cl)cc1Cl)NCC1CN2CCN1CC2. The molecule has 2 N–H and O–H groups in total. The summed E-state index contributed by atoms with van der Waals surface area (Å²) in [7, 11) is 0. The van der Waals surface area contributed by atoms with E-state index in [1.54, 1.807) is 6.07 Å². The van der Waals surface area contributed by atoms with Gasteiger partial charge in [0.2, 0.25) is 0 Å². The lowest BCUT2D eigenvalue weighted by atomic mass is 10.1. The number of hydrogen-bond acceptors (Lipinski definition) is 3. The number of benzene rings is 1. The van der Waals surface area contributed by atoms with Crippen molar-refractivity contribution in [3.05, 3.63) is 33.8 Å². The Balaban J connectivity index is 1.57. The number of guanidine groups is 1. The van der Waals surface area contributed by atoms with E-state index in [1.807, 2.05) is 12.1 Å². The van der Waals surface area contributed by atoms with Crippen LogP contribution in [0.3, 0.4) is 0 Å². The van der Waals surface area contributed by atoms with Gasteiger partial charge in [0.05, 0.1) is 6.54 Å². The highest BCUT2D eigenvalue weighted by molar-refractivity contribution is 6.35. The molecule has 3 saturated heterocycles. The van der Waals surface area contributed by atoms with Crippen LogP contribution in [-0.2, 0) is 6.54 Å². The van der Waals surface area contributed by atoms with Gasteiger partial charge < -0.3 is 10.6 Å². The normalized spacial score (nSPS) is 26.5. The van der Waals surface area contributed by atoms with Crippen molar-refractivity contribution in [2.45, 2.75) is 19.5 Å². The van der Waals surface area contributed by atoms with Gasteiger partial charge in [0.15, 0.2) is 5.96 Å². The molecule has 3 aliphatic heterocycles. The van der Waals surface area contributed by atoms with Gasteiger partial charge in [-0.05, 0) is 24.6 Å². The number of nitrogens with zero attached hydrogens (tertiary/aromatic N) is 3. The van der Waals surface area contributed by atoms with Crippen LogP contribution in [0.25, 0.3) is 0 Å². The van der Waals surface area contributed by atoms with Crippen molar-refractivity contribution in [2.75, 3.05) is 45.8 Å². The molecule has 3 fully saturated rings. The van der Waals surface area contributed by atoms with E-state index in [2.05, 4.69) is 32.3 Å². The van der Waals surface area contributed by atoms with Gasteiger partial charge in [-0.2, -0.15) is 0 Å². The van der Waals surface area contributed by atoms with Crippen molar-refractivity contribution in [3.63, 3.8) is 0 Å². The maximum atomic E-state index is 6.22. The Morgan fingerprint density at radius 1 is 1.21 bits per heavy atom. The molecule has 0 amide bonds. The molecule has 7 heteroatoms. The highest BCUT2D eigenvalue weighted by Crippen LogP contribution is 2.21. The Kier molecular flexibility index (Phi) is 6.22. The fourth-order valence-corrected chi connectivity index (χ4v) is 3.76. The summed E-state index contributed by atoms with van der Waals surface area (Å²) in [5.74, 6) is 0.834. The molecule has 3 heterocycles. The van der Waals surface area contributed by atoms with Crippen molar-refractivity contribution in [2.24, 2.45) is 4.99 Å². The first-order valence-electron chi connectivity index (χ1n) is 8.58. The lowest BCUT2D eigenvalue weighted by Gasteiger charge is -2.47. The molecule has 5 nitrogen and oxygen atoms in total. The zero-order valence-electron chi connectivity index (χ0n) is 14.1. The van der Waals surface area contributed by atoms with E-state index in [1.165, 1.54) is 26.2 Å². The molecule has 0 aliphatic carbocycles. The van der Waals surface area contributed by atoms with Gasteiger partial charge in [0.25, 0.3) is 0 Å². The van der Waals surface area contributed by atoms with Crippen molar-refractivity contribution < 1.29 is 0 Å². The first-order chi connectivity index (χ1) is 11.7. The largest absolute Gasteiger partial charge is 0.357 e. The highest BCUT2D eigenvalue weighted by Gasteiger charge is 2.31. The summed E-state index contributed by atoms with van der Waals surface area (Å²) in [4.78, 5) is 9.78. The molecule has 0 spiro atoms. The van der Waals surface area contributed by atoms with E-state index in [0.717, 1.165) is 31.2 Å². The predicted octanol–water partition coefficient (Wildman–Crippen LogP) is 2.05. The van der Waals surface area contributed by atoms with Gasteiger partial charge in [-0.3, -0.25) is 9.80 Å². The quantitative estimate of drug-likeness (QED) is 0.615. The highest BCUT2D eigenvalue weighted by atomic mass is 35.5. The minimum absolute atomic E-state index is 0.534. The minimum atomic E-state index is 0.534. The standard InChI is InChI=1S/C17H25Cl2N5/c1-2-20-17(21-10-13-3-4-14(18)9-16(13)19)22-11-15-12-23-5-7-24(15)8-6-23/h3-4,9,15H,2,5-8,10-12H2,1H3,(H2,20,21,22). The van der Waals surface area contributed by atoms with E-state index in [9.17, 15) is 0 Å². The molecule has 132 valence electrons. The second-order valence-electron chi connectivity index (χ2n) is 6.30. The summed E-state index contributed by atoms with van der Waals surface area (Å²) in [6.07, 6.45) is 0. The number of hydrogen-bond donors (Lipinski definition) is 2. The molecule has 0 saturated carbocycles. The average Bonchev–Trinajstić information content (AvgIpc) is 2.59. The first kappa shape index (κ1) is 17.8. The lowest BCUT2D eigenvalue weighted by Crippen LogP contribution is -2.63. The Morgan fingerprint density at radius 2 is 2.00 bits per heavy atom. The minimum Gasteiger partial charge on any atom is -0.357 e. The number of fused-ring (bicyclic) bond motifs is 3. The van der Waals surface area contributed by atoms with Crippen molar-refractivity contribution in [1.82, 2.24) is 20.4 Å². The number of piperazine rings is 3. The number of aliphatic imine (C=N–C) groups is 1. The maximum absolute atomic E-state index is 6.22. The second-order valence-corrected chi connectivity index (χ2v) is 7.15. The summed E-state index contributed by atoms with van der Waals surface area (Å²) in [6.45, 7) is 10.3. The smallest absolute Gasteiger partial charge is 0.191 e. The molecule has 1 aromatic carbocycles. The van der Waals surface area contributed by atoms with Crippen LogP contribution in [0.1, 0.15) is 12.5 Å². The van der Waals surface area contributed by atoms with Crippen LogP contribution in [0, 0.1) is 0 Å². The molecular weight excluding hydrogens is 345 g/mol. The molecule has 24 heavy (non-hydrogen) atoms. The molecule has 0 radical (unpaired) electrons. The monoisotopic (exact) mass is 369 g/mol. The first-order valence-corrected chi connectivity index (χ1v) is 9.34. The molecule has 1 atom stereocenters. The van der Waals surface area contributed by atoms with E-state index in [-0.39, 0.29) is 0 Å². The third-order valence-corrected chi connectivity index (χ3v) is 5.25. The Hall–Kier alpha value is -1.01. The third kappa shape index (κ3) is 4.54. The zero-order chi connectivity index (χ0) is 16.9. The van der Waals surface area contributed by atoms with E-state index < -0.39 is 0 Å². The molecule has 3 aliphatic rings. The van der Waals surface area contributed by atoms with Crippen molar-refractivity contribution >= 4 is 29.2 Å². The summed E-state index contributed by atoms with van der Waals surface area (Å²) < 4.78 is 0. The van der Waals surface area contributed by atoms with Gasteiger partial charge in [0, 0.05) is 61.9 Å². The predicted molar refractivity (Wildman–Crippen MR) is 101 cm³/mol. The molecular formula is C17H25Cl2N5. The fraction of sp³-hybridized carbons (Fsp3) is 0.588. The van der Waals surface area contributed by atoms with Crippen LogP contribution < -0.4 is 10.6 Å². The van der Waals surface area contributed by atoms with Crippen LogP contribution in [-0.4, -0.2) is 67.6 Å². The molecule has 1 aromatic rings. The third-order valence-electron chi connectivity index (χ3n) is 4.66. The second kappa shape index (κ2) is 8.39. The van der Waals surface area contributed by atoms with Gasteiger partial charge in [0.1, 0.15) is 0 Å². The van der Waals surface area contributed by atoms with Gasteiger partial charge in [-0.1, -0.05) is 29.3 Å². The fourth-order valence-electron chi connectivity index (χ4n) is 3.29. The molecule has 4 rings (SSSR count). The topological polar surface area (TPSA) is 42.9 Å². The zero-order valence-corrected chi connectivity index (χ0v) is 15.6. The van der Waals surface area contributed by atoms with Crippen LogP contribution in [0.2, 0.25) is 10.0 Å². The summed E-state index contributed by atoms with van der Waals surface area (Å²) in [6, 6.07) is 6.10. The van der Waals surface area contributed by atoms with Crippen LogP contribution in [0.5, 0.6) is 0 Å². The van der Waals surface area contributed by atoms with E-state index >= 15 is 0 Å². The number of rotatable bonds is 5. The van der Waals surface area contributed by atoms with Crippen LogP contribution in [0.15, 0.2) is 23.2 Å². The van der Waals surface area contributed by atoms with E-state index in [0.29, 0.717) is 22.6 Å². The Labute approximate surface area is 154 Å². The number of nitrogens with one attached hydrogen (secondary N) is 2. The summed E-state index contributed by atoms with van der Waals surface area (Å²) in [5, 5.41) is 8.09. The summed E-state index contributed by atoms with van der Waals surface area (Å²) >= 11 is 12.2. The lowest BCUT2D eigenvalue weighted by molar-refractivity contribution is 0.0154. The van der Waals surface area contributed by atoms with Gasteiger partial charge in [-0.25, -0.2) is 4.99 Å². The molecule has 2 bridgehead atoms. The molecule has 1 unspecified atom stereocenters. The average molecular weight is 370 g/mol. The summed E-state index contributed by atoms with van der Waals surface area (Å²) in [5.41, 5.74) is 0.977. The van der Waals surface area contributed by atoms with Crippen LogP contribution in [0.4, 0.5) is 0 Å². The Morgan fingerprint density at radius 3 is 2.62 bits per heavy atom. The van der Waals surface area contributed by atoms with Gasteiger partial charge in [-0.15, -0.1) is 0 Å². The van der Waals surface area contributed by atoms with Crippen LogP contribution >= 0.6 is 23.2 Å². The number of halogens is 2. The van der Waals surface area contributed by atoms with E-state index in [4.69, 9.17) is 23.2 Å². The Bertz CT molecular complexity index is 584. The van der Waals surface area contributed by atoms with Crippen molar-refractivity contribution in [3.8, 4) is 0 Å². The maximum Gasteiger partial charge on any atom is 0.191 e. The molecule has 0 aromatic heterocycles.